The highest BCUT2D eigenvalue weighted by Gasteiger charge is 2.52. The monoisotopic (exact) mass is 688 g/mol. The summed E-state index contributed by atoms with van der Waals surface area (Å²) in [4.78, 5) is 26.9. The molecule has 0 unspecified atom stereocenters. The highest BCUT2D eigenvalue weighted by molar-refractivity contribution is 5.89. The Labute approximate surface area is 297 Å². The van der Waals surface area contributed by atoms with Gasteiger partial charge in [0.25, 0.3) is 0 Å². The quantitative estimate of drug-likeness (QED) is 0.0853. The van der Waals surface area contributed by atoms with Gasteiger partial charge in [-0.1, -0.05) is 127 Å². The average molecular weight is 689 g/mol. The lowest BCUT2D eigenvalue weighted by Gasteiger charge is -2.44. The second kappa shape index (κ2) is 18.1. The highest BCUT2D eigenvalue weighted by Crippen LogP contribution is 2.32. The van der Waals surface area contributed by atoms with Gasteiger partial charge in [0.2, 0.25) is 6.29 Å². The number of carbonyl (C=O) groups is 2. The van der Waals surface area contributed by atoms with Crippen molar-refractivity contribution in [3.63, 3.8) is 0 Å². The molecule has 51 heavy (non-hydrogen) atoms. The van der Waals surface area contributed by atoms with Crippen molar-refractivity contribution in [2.24, 2.45) is 0 Å². The molecule has 6 rings (SSSR count). The summed E-state index contributed by atoms with van der Waals surface area (Å²) >= 11 is 0. The Hall–Kier alpha value is -5.32. The van der Waals surface area contributed by atoms with Crippen LogP contribution in [0.2, 0.25) is 0 Å². The molecule has 0 aliphatic carbocycles. The van der Waals surface area contributed by atoms with Crippen LogP contribution in [0, 0.1) is 6.92 Å². The predicted molar refractivity (Wildman–Crippen MR) is 189 cm³/mol. The van der Waals surface area contributed by atoms with Gasteiger partial charge >= 0.3 is 12.1 Å². The van der Waals surface area contributed by atoms with Crippen LogP contribution in [0.5, 0.6) is 5.75 Å². The molecule has 0 saturated carbocycles. The molecule has 262 valence electrons. The zero-order valence-corrected chi connectivity index (χ0v) is 28.2. The van der Waals surface area contributed by atoms with Crippen molar-refractivity contribution in [3.05, 3.63) is 173 Å². The van der Waals surface area contributed by atoms with Gasteiger partial charge in [-0.15, -0.1) is 0 Å². The number of para-hydroxylation sites is 1. The molecule has 5 atom stereocenters. The Kier molecular flexibility index (Phi) is 12.6. The van der Waals surface area contributed by atoms with Gasteiger partial charge in [-0.2, -0.15) is 0 Å². The van der Waals surface area contributed by atoms with Crippen LogP contribution >= 0.6 is 0 Å². The molecule has 0 spiro atoms. The number of hydrogen-bond acceptors (Lipinski definition) is 9. The maximum atomic E-state index is 13.7. The molecule has 0 bridgehead atoms. The first kappa shape index (κ1) is 35.5. The summed E-state index contributed by atoms with van der Waals surface area (Å²) in [6, 6.07) is 44.5. The van der Waals surface area contributed by atoms with E-state index in [9.17, 15) is 9.59 Å². The minimum Gasteiger partial charge on any atom is -0.449 e. The number of benzene rings is 5. The molecule has 1 heterocycles. The second-order valence-corrected chi connectivity index (χ2v) is 12.1. The summed E-state index contributed by atoms with van der Waals surface area (Å²) < 4.78 is 43.2. The van der Waals surface area contributed by atoms with Gasteiger partial charge in [-0.3, -0.25) is 0 Å². The minimum atomic E-state index is -1.45. The largest absolute Gasteiger partial charge is 0.516 e. The van der Waals surface area contributed by atoms with Crippen molar-refractivity contribution in [3.8, 4) is 5.75 Å². The smallest absolute Gasteiger partial charge is 0.449 e. The second-order valence-electron chi connectivity index (χ2n) is 12.1. The summed E-state index contributed by atoms with van der Waals surface area (Å²) in [6.45, 7) is 2.62. The van der Waals surface area contributed by atoms with E-state index in [0.29, 0.717) is 12.2 Å². The van der Waals surface area contributed by atoms with E-state index in [1.54, 1.807) is 42.5 Å². The van der Waals surface area contributed by atoms with Crippen LogP contribution in [0.4, 0.5) is 4.79 Å². The standard InChI is InChI=1S/C42H40O9/c1-30-22-24-34(25-23-30)40(43)50-39-38(47-28-33-18-10-4-11-19-33)37(46-27-32-16-8-3-9-17-32)36(29-45-26-31-14-6-2-7-15-31)49-41(39)51-42(44)48-35-20-12-5-13-21-35/h2-25,36-39,41H,26-29H2,1H3/t36-,37+,38+,39-,41+/m1/s1. The lowest BCUT2D eigenvalue weighted by molar-refractivity contribution is -0.306. The zero-order chi connectivity index (χ0) is 35.3. The van der Waals surface area contributed by atoms with E-state index >= 15 is 0 Å². The molecule has 0 radical (unpaired) electrons. The Morgan fingerprint density at radius 1 is 0.569 bits per heavy atom. The summed E-state index contributed by atoms with van der Waals surface area (Å²) in [6.07, 6.45) is -6.38. The number of carbonyl (C=O) groups excluding carboxylic acids is 2. The molecule has 5 aromatic carbocycles. The number of hydrogen-bond donors (Lipinski definition) is 0. The average Bonchev–Trinajstić information content (AvgIpc) is 3.16. The third-order valence-electron chi connectivity index (χ3n) is 8.24. The van der Waals surface area contributed by atoms with E-state index in [1.165, 1.54) is 0 Å². The van der Waals surface area contributed by atoms with Crippen molar-refractivity contribution >= 4 is 12.1 Å². The Morgan fingerprint density at radius 3 is 1.65 bits per heavy atom. The van der Waals surface area contributed by atoms with Gasteiger partial charge < -0.3 is 33.2 Å². The van der Waals surface area contributed by atoms with E-state index < -0.39 is 42.8 Å². The van der Waals surface area contributed by atoms with Crippen LogP contribution in [-0.4, -0.2) is 49.4 Å². The fourth-order valence-electron chi connectivity index (χ4n) is 5.61. The maximum absolute atomic E-state index is 13.7. The molecular formula is C42H40O9. The molecule has 5 aromatic rings. The number of ether oxygens (including phenoxy) is 7. The Bertz CT molecular complexity index is 1780. The van der Waals surface area contributed by atoms with E-state index in [2.05, 4.69) is 0 Å². The number of aryl methyl sites for hydroxylation is 1. The number of esters is 1. The van der Waals surface area contributed by atoms with Crippen molar-refractivity contribution in [2.45, 2.75) is 57.5 Å². The third-order valence-corrected chi connectivity index (χ3v) is 8.24. The molecule has 9 heteroatoms. The van der Waals surface area contributed by atoms with Gasteiger partial charge in [0.1, 0.15) is 24.1 Å². The van der Waals surface area contributed by atoms with E-state index in [0.717, 1.165) is 22.3 Å². The van der Waals surface area contributed by atoms with E-state index in [4.69, 9.17) is 33.2 Å². The molecule has 1 aliphatic rings. The first-order valence-corrected chi connectivity index (χ1v) is 16.8. The number of rotatable bonds is 14. The maximum Gasteiger partial charge on any atom is 0.516 e. The lowest BCUT2D eigenvalue weighted by Crippen LogP contribution is -2.62. The fraction of sp³-hybridized carbons (Fsp3) is 0.238. The van der Waals surface area contributed by atoms with Crippen LogP contribution in [0.25, 0.3) is 0 Å². The molecule has 1 aliphatic heterocycles. The molecule has 1 saturated heterocycles. The van der Waals surface area contributed by atoms with Gasteiger partial charge in [-0.05, 0) is 47.9 Å². The van der Waals surface area contributed by atoms with Crippen molar-refractivity contribution in [1.82, 2.24) is 0 Å². The van der Waals surface area contributed by atoms with Gasteiger partial charge in [0, 0.05) is 0 Å². The van der Waals surface area contributed by atoms with Gasteiger partial charge in [0.15, 0.2) is 6.10 Å². The Morgan fingerprint density at radius 2 is 1.08 bits per heavy atom. The highest BCUT2D eigenvalue weighted by atomic mass is 16.8. The summed E-state index contributed by atoms with van der Waals surface area (Å²) in [7, 11) is 0. The molecular weight excluding hydrogens is 648 g/mol. The molecule has 9 nitrogen and oxygen atoms in total. The van der Waals surface area contributed by atoms with Crippen LogP contribution < -0.4 is 4.74 Å². The molecule has 1 fully saturated rings. The van der Waals surface area contributed by atoms with Crippen LogP contribution in [0.3, 0.4) is 0 Å². The minimum absolute atomic E-state index is 0.0474. The lowest BCUT2D eigenvalue weighted by atomic mass is 9.97. The van der Waals surface area contributed by atoms with Gasteiger partial charge in [0.05, 0.1) is 32.0 Å². The van der Waals surface area contributed by atoms with Crippen LogP contribution in [0.1, 0.15) is 32.6 Å². The summed E-state index contributed by atoms with van der Waals surface area (Å²) in [5.74, 6) is -0.377. The third kappa shape index (κ3) is 10.3. The van der Waals surface area contributed by atoms with E-state index in [-0.39, 0.29) is 25.6 Å². The molecule has 0 amide bonds. The summed E-state index contributed by atoms with van der Waals surface area (Å²) in [5.41, 5.74) is 4.06. The van der Waals surface area contributed by atoms with Crippen molar-refractivity contribution in [1.29, 1.82) is 0 Å². The first-order valence-electron chi connectivity index (χ1n) is 16.8. The normalized spacial score (nSPS) is 19.9. The van der Waals surface area contributed by atoms with Crippen molar-refractivity contribution in [2.75, 3.05) is 6.61 Å². The molecule has 0 aromatic heterocycles. The summed E-state index contributed by atoms with van der Waals surface area (Å²) in [5, 5.41) is 0. The van der Waals surface area contributed by atoms with Crippen molar-refractivity contribution < 1.29 is 42.7 Å². The van der Waals surface area contributed by atoms with Gasteiger partial charge in [-0.25, -0.2) is 9.59 Å². The first-order chi connectivity index (χ1) is 25.0. The fourth-order valence-corrected chi connectivity index (χ4v) is 5.61. The van der Waals surface area contributed by atoms with Crippen LogP contribution in [0.15, 0.2) is 146 Å². The Balaban J connectivity index is 1.33. The zero-order valence-electron chi connectivity index (χ0n) is 28.2. The van der Waals surface area contributed by atoms with Crippen LogP contribution in [-0.2, 0) is 48.2 Å². The topological polar surface area (TPSA) is 98.8 Å². The van der Waals surface area contributed by atoms with E-state index in [1.807, 2.05) is 110 Å². The molecule has 0 N–H and O–H groups in total. The SMILES string of the molecule is Cc1ccc(C(=O)O[C@H]2[C@H](OC(=O)Oc3ccccc3)O[C@H](COCc3ccccc3)[C@H](OCc3ccccc3)[C@@H]2OCc2ccccc2)cc1. The predicted octanol–water partition coefficient (Wildman–Crippen LogP) is 7.85.